The van der Waals surface area contributed by atoms with Crippen LogP contribution >= 0.6 is 0 Å². The van der Waals surface area contributed by atoms with Gasteiger partial charge < -0.3 is 14.8 Å². The molecule has 0 aliphatic carbocycles. The fourth-order valence-electron chi connectivity index (χ4n) is 4.32. The molecule has 0 bridgehead atoms. The van der Waals surface area contributed by atoms with Gasteiger partial charge in [-0.25, -0.2) is 9.78 Å². The topological polar surface area (TPSA) is 108 Å². The molecule has 0 saturated carbocycles. The monoisotopic (exact) mass is 468 g/mol. The van der Waals surface area contributed by atoms with E-state index in [1.165, 1.54) is 4.90 Å². The summed E-state index contributed by atoms with van der Waals surface area (Å²) in [5.74, 6) is -0.0320. The van der Waals surface area contributed by atoms with Crippen molar-refractivity contribution in [1.29, 1.82) is 0 Å². The molecule has 4 aromatic rings. The Morgan fingerprint density at radius 3 is 2.71 bits per heavy atom. The number of carbonyl (C=O) groups excluding carboxylic acids is 2. The fourth-order valence-corrected chi connectivity index (χ4v) is 4.32. The first-order valence-corrected chi connectivity index (χ1v) is 11.2. The van der Waals surface area contributed by atoms with Gasteiger partial charge in [0, 0.05) is 23.2 Å². The van der Waals surface area contributed by atoms with Crippen molar-refractivity contribution >= 4 is 29.0 Å². The summed E-state index contributed by atoms with van der Waals surface area (Å²) in [6.07, 6.45) is 1.58. The summed E-state index contributed by atoms with van der Waals surface area (Å²) in [6, 6.07) is 21.8. The van der Waals surface area contributed by atoms with Crippen LogP contribution in [0.4, 0.5) is 10.7 Å². The molecule has 3 N–H and O–H groups in total. The third-order valence-corrected chi connectivity index (χ3v) is 6.01. The van der Waals surface area contributed by atoms with E-state index in [9.17, 15) is 14.7 Å². The summed E-state index contributed by atoms with van der Waals surface area (Å²) in [6.45, 7) is 4.04. The number of anilines is 1. The van der Waals surface area contributed by atoms with Crippen LogP contribution in [0.2, 0.25) is 0 Å². The molecule has 1 unspecified atom stereocenters. The maximum absolute atomic E-state index is 13.4. The van der Waals surface area contributed by atoms with Crippen LogP contribution in [0, 0.1) is 0 Å². The number of nitrogens with one attached hydrogen (secondary N) is 2. The zero-order valence-electron chi connectivity index (χ0n) is 18.9. The summed E-state index contributed by atoms with van der Waals surface area (Å²) in [5.41, 5.74) is 1.85. The van der Waals surface area contributed by atoms with Crippen molar-refractivity contribution in [3.63, 3.8) is 0 Å². The van der Waals surface area contributed by atoms with Gasteiger partial charge >= 0.3 is 6.09 Å². The first-order chi connectivity index (χ1) is 17.0. The molecular formula is C27H24N4O4. The van der Waals surface area contributed by atoms with Crippen LogP contribution < -0.4 is 5.32 Å². The number of benzene rings is 3. The van der Waals surface area contributed by atoms with Gasteiger partial charge in [0.25, 0.3) is 5.91 Å². The number of imidazole rings is 1. The number of nitrogens with zero attached hydrogens (tertiary/aromatic N) is 2. The van der Waals surface area contributed by atoms with E-state index in [-0.39, 0.29) is 25.0 Å². The normalized spacial score (nSPS) is 16.8. The van der Waals surface area contributed by atoms with Gasteiger partial charge in [-0.3, -0.25) is 15.0 Å². The highest BCUT2D eigenvalue weighted by Crippen LogP contribution is 2.43. The van der Waals surface area contributed by atoms with E-state index in [1.807, 2.05) is 30.3 Å². The van der Waals surface area contributed by atoms with E-state index in [0.29, 0.717) is 34.1 Å². The molecule has 0 fully saturated rings. The molecule has 2 amide bonds. The molecule has 0 radical (unpaired) electrons. The van der Waals surface area contributed by atoms with E-state index >= 15 is 0 Å². The molecule has 2 heterocycles. The van der Waals surface area contributed by atoms with Crippen LogP contribution in [0.25, 0.3) is 11.0 Å². The van der Waals surface area contributed by atoms with Crippen LogP contribution in [0.15, 0.2) is 85.5 Å². The Hall–Kier alpha value is -4.43. The van der Waals surface area contributed by atoms with E-state index in [1.54, 1.807) is 48.5 Å². The number of ether oxygens (including phenoxy) is 1. The smallest absolute Gasteiger partial charge is 0.413 e. The molecule has 0 saturated heterocycles. The maximum Gasteiger partial charge on any atom is 0.413 e. The van der Waals surface area contributed by atoms with Gasteiger partial charge in [-0.15, -0.1) is 6.58 Å². The highest BCUT2D eigenvalue weighted by atomic mass is 16.5. The summed E-state index contributed by atoms with van der Waals surface area (Å²) < 4.78 is 5.06. The van der Waals surface area contributed by atoms with Gasteiger partial charge in [-0.1, -0.05) is 60.7 Å². The van der Waals surface area contributed by atoms with E-state index < -0.39 is 11.8 Å². The standard InChI is InChI=1S/C27H24N4O4/c1-2-3-15-35-26(33)30-25-28-22-14-13-19(16-23(22)29-25)27(34)21-12-8-7-11-20(21)24(32)31(27)17-18-9-5-4-6-10-18/h2,4-14,16,34H,1,3,15,17H2,(H2,28,29,30,33). The molecule has 1 atom stereocenters. The number of hydrogen-bond donors (Lipinski definition) is 3. The van der Waals surface area contributed by atoms with E-state index in [2.05, 4.69) is 21.9 Å². The molecule has 3 aromatic carbocycles. The molecule has 0 spiro atoms. The SMILES string of the molecule is C=CCCOC(=O)Nc1nc2cc(C3(O)c4ccccc4C(=O)N3Cc3ccccc3)ccc2[nH]1. The number of fused-ring (bicyclic) bond motifs is 2. The van der Waals surface area contributed by atoms with Crippen molar-refractivity contribution in [3.05, 3.63) is 108 Å². The van der Waals surface area contributed by atoms with Crippen LogP contribution in [0.3, 0.4) is 0 Å². The second kappa shape index (κ2) is 9.08. The molecule has 8 nitrogen and oxygen atoms in total. The number of hydrogen-bond acceptors (Lipinski definition) is 5. The Morgan fingerprint density at radius 2 is 1.91 bits per heavy atom. The fraction of sp³-hybridized carbons (Fsp3) is 0.148. The van der Waals surface area contributed by atoms with E-state index in [0.717, 1.165) is 5.56 Å². The van der Waals surface area contributed by atoms with Crippen molar-refractivity contribution < 1.29 is 19.4 Å². The Kier molecular flexibility index (Phi) is 5.80. The number of H-pyrrole nitrogens is 1. The Bertz CT molecular complexity index is 1420. The van der Waals surface area contributed by atoms with Gasteiger partial charge in [0.1, 0.15) is 0 Å². The van der Waals surface area contributed by atoms with Gasteiger partial charge in [-0.2, -0.15) is 0 Å². The van der Waals surface area contributed by atoms with Crippen molar-refractivity contribution in [3.8, 4) is 0 Å². The summed E-state index contributed by atoms with van der Waals surface area (Å²) in [4.78, 5) is 34.2. The predicted molar refractivity (Wildman–Crippen MR) is 132 cm³/mol. The summed E-state index contributed by atoms with van der Waals surface area (Å²) in [7, 11) is 0. The molecule has 8 heteroatoms. The largest absolute Gasteiger partial charge is 0.449 e. The zero-order chi connectivity index (χ0) is 24.4. The van der Waals surface area contributed by atoms with Gasteiger partial charge in [0.15, 0.2) is 5.72 Å². The molecule has 1 aliphatic rings. The minimum Gasteiger partial charge on any atom is -0.449 e. The third kappa shape index (κ3) is 4.04. The third-order valence-electron chi connectivity index (χ3n) is 6.01. The maximum atomic E-state index is 13.4. The lowest BCUT2D eigenvalue weighted by atomic mass is 9.93. The number of aromatic amines is 1. The summed E-state index contributed by atoms with van der Waals surface area (Å²) in [5, 5.41) is 14.7. The lowest BCUT2D eigenvalue weighted by Gasteiger charge is -2.35. The molecule has 5 rings (SSSR count). The zero-order valence-corrected chi connectivity index (χ0v) is 18.9. The van der Waals surface area contributed by atoms with Crippen LogP contribution in [-0.2, 0) is 17.0 Å². The average Bonchev–Trinajstić information content (AvgIpc) is 3.37. The first-order valence-electron chi connectivity index (χ1n) is 11.2. The van der Waals surface area contributed by atoms with E-state index in [4.69, 9.17) is 4.74 Å². The lowest BCUT2D eigenvalue weighted by molar-refractivity contribution is -0.0542. The second-order valence-corrected chi connectivity index (χ2v) is 8.25. The minimum atomic E-state index is -1.69. The number of aromatic nitrogens is 2. The molecule has 1 aromatic heterocycles. The Morgan fingerprint density at radius 1 is 1.14 bits per heavy atom. The number of rotatable bonds is 7. The van der Waals surface area contributed by atoms with Crippen LogP contribution in [-0.4, -0.2) is 38.6 Å². The van der Waals surface area contributed by atoms with Crippen molar-refractivity contribution in [2.24, 2.45) is 0 Å². The quantitative estimate of drug-likeness (QED) is 0.273. The van der Waals surface area contributed by atoms with Gasteiger partial charge in [0.2, 0.25) is 5.95 Å². The molecule has 176 valence electrons. The Balaban J connectivity index is 1.51. The lowest BCUT2D eigenvalue weighted by Crippen LogP contribution is -2.44. The average molecular weight is 469 g/mol. The van der Waals surface area contributed by atoms with Crippen LogP contribution in [0.5, 0.6) is 0 Å². The highest BCUT2D eigenvalue weighted by Gasteiger charge is 2.49. The van der Waals surface area contributed by atoms with Crippen LogP contribution in [0.1, 0.15) is 33.5 Å². The summed E-state index contributed by atoms with van der Waals surface area (Å²) >= 11 is 0. The van der Waals surface area contributed by atoms with Gasteiger partial charge in [-0.05, 0) is 30.2 Å². The Labute approximate surface area is 201 Å². The van der Waals surface area contributed by atoms with Crippen molar-refractivity contribution in [2.45, 2.75) is 18.7 Å². The highest BCUT2D eigenvalue weighted by molar-refractivity contribution is 6.00. The number of amides is 2. The second-order valence-electron chi connectivity index (χ2n) is 8.25. The minimum absolute atomic E-state index is 0.219. The molecular weight excluding hydrogens is 444 g/mol. The van der Waals surface area contributed by atoms with Gasteiger partial charge in [0.05, 0.1) is 17.6 Å². The first kappa shape index (κ1) is 22.4. The molecule has 35 heavy (non-hydrogen) atoms. The number of aliphatic hydroxyl groups is 1. The van der Waals surface area contributed by atoms with Crippen molar-refractivity contribution in [1.82, 2.24) is 14.9 Å². The van der Waals surface area contributed by atoms with Crippen molar-refractivity contribution in [2.75, 3.05) is 11.9 Å². The molecule has 1 aliphatic heterocycles. The number of carbonyl (C=O) groups is 2. The predicted octanol–water partition coefficient (Wildman–Crippen LogP) is 4.54.